The van der Waals surface area contributed by atoms with E-state index in [-0.39, 0.29) is 5.76 Å². The largest absolute Gasteiger partial charge is 0.457 e. The van der Waals surface area contributed by atoms with E-state index >= 15 is 0 Å². The highest BCUT2D eigenvalue weighted by atomic mass is 79.9. The number of esters is 1. The number of hydrogen-bond acceptors (Lipinski definition) is 5. The molecular weight excluding hydrogens is 374 g/mol. The van der Waals surface area contributed by atoms with Crippen LogP contribution < -0.4 is 9.47 Å². The number of nitriles is 1. The molecule has 0 aliphatic heterocycles. The molecular formula is C18H10BrNO4. The van der Waals surface area contributed by atoms with Crippen molar-refractivity contribution < 1.29 is 18.7 Å². The molecule has 118 valence electrons. The maximum atomic E-state index is 11.9. The Morgan fingerprint density at radius 3 is 2.04 bits per heavy atom. The highest BCUT2D eigenvalue weighted by Crippen LogP contribution is 2.25. The van der Waals surface area contributed by atoms with Gasteiger partial charge in [-0.1, -0.05) is 0 Å². The molecule has 6 heteroatoms. The Kier molecular flexibility index (Phi) is 4.64. The van der Waals surface area contributed by atoms with Crippen molar-refractivity contribution in [2.75, 3.05) is 0 Å². The van der Waals surface area contributed by atoms with Gasteiger partial charge in [0.05, 0.1) is 11.6 Å². The fraction of sp³-hybridized carbons (Fsp3) is 0. The molecule has 5 nitrogen and oxygen atoms in total. The van der Waals surface area contributed by atoms with Gasteiger partial charge in [-0.3, -0.25) is 0 Å². The zero-order valence-corrected chi connectivity index (χ0v) is 13.8. The molecule has 3 aromatic rings. The lowest BCUT2D eigenvalue weighted by molar-refractivity contribution is 0.0700. The fourth-order valence-electron chi connectivity index (χ4n) is 1.89. The molecule has 1 aromatic heterocycles. The number of hydrogen-bond donors (Lipinski definition) is 0. The predicted molar refractivity (Wildman–Crippen MR) is 89.0 cm³/mol. The molecule has 0 bridgehead atoms. The maximum absolute atomic E-state index is 11.9. The molecule has 1 heterocycles. The summed E-state index contributed by atoms with van der Waals surface area (Å²) in [6.45, 7) is 0. The molecule has 3 rings (SSSR count). The molecule has 0 aliphatic rings. The normalized spacial score (nSPS) is 10.0. The number of nitrogens with zero attached hydrogens (tertiary/aromatic N) is 1. The van der Waals surface area contributed by atoms with Crippen LogP contribution in [0.15, 0.2) is 69.8 Å². The first-order valence-electron chi connectivity index (χ1n) is 6.89. The molecule has 0 spiro atoms. The zero-order valence-electron chi connectivity index (χ0n) is 12.2. The SMILES string of the molecule is N#Cc1ccc(Oc2ccc(OC(=O)c3ccc(Br)o3)cc2)cc1. The van der Waals surface area contributed by atoms with Gasteiger partial charge in [0.25, 0.3) is 0 Å². The number of halogens is 1. The van der Waals surface area contributed by atoms with Crippen molar-refractivity contribution in [2.24, 2.45) is 0 Å². The summed E-state index contributed by atoms with van der Waals surface area (Å²) in [5.74, 6) is 1.10. The molecule has 0 N–H and O–H groups in total. The Labute approximate surface area is 146 Å². The van der Waals surface area contributed by atoms with E-state index in [2.05, 4.69) is 15.9 Å². The van der Waals surface area contributed by atoms with E-state index in [1.807, 2.05) is 6.07 Å². The molecule has 0 aliphatic carbocycles. The number of furan rings is 1. The van der Waals surface area contributed by atoms with Crippen molar-refractivity contribution in [2.45, 2.75) is 0 Å². The summed E-state index contributed by atoms with van der Waals surface area (Å²) in [6, 6.07) is 18.5. The Bertz CT molecular complexity index is 892. The second-order valence-corrected chi connectivity index (χ2v) is 5.48. The van der Waals surface area contributed by atoms with Crippen molar-refractivity contribution in [3.05, 3.63) is 76.7 Å². The Morgan fingerprint density at radius 1 is 0.917 bits per heavy atom. The first-order chi connectivity index (χ1) is 11.6. The highest BCUT2D eigenvalue weighted by Gasteiger charge is 2.13. The number of ether oxygens (including phenoxy) is 2. The Hall–Kier alpha value is -3.04. The third kappa shape index (κ3) is 3.83. The Morgan fingerprint density at radius 2 is 1.50 bits per heavy atom. The summed E-state index contributed by atoms with van der Waals surface area (Å²) >= 11 is 3.13. The van der Waals surface area contributed by atoms with Crippen molar-refractivity contribution in [1.82, 2.24) is 0 Å². The molecule has 0 radical (unpaired) electrons. The third-order valence-corrected chi connectivity index (χ3v) is 3.45. The maximum Gasteiger partial charge on any atom is 0.379 e. The quantitative estimate of drug-likeness (QED) is 0.471. The molecule has 0 saturated carbocycles. The number of carbonyl (C=O) groups is 1. The van der Waals surface area contributed by atoms with Gasteiger partial charge in [-0.2, -0.15) is 5.26 Å². The Balaban J connectivity index is 1.64. The molecule has 0 amide bonds. The fourth-order valence-corrected chi connectivity index (χ4v) is 2.20. The van der Waals surface area contributed by atoms with Crippen LogP contribution in [0.3, 0.4) is 0 Å². The minimum Gasteiger partial charge on any atom is -0.457 e. The average Bonchev–Trinajstić information content (AvgIpc) is 3.04. The van der Waals surface area contributed by atoms with E-state index in [4.69, 9.17) is 19.2 Å². The van der Waals surface area contributed by atoms with Crippen LogP contribution in [-0.2, 0) is 0 Å². The third-order valence-electron chi connectivity index (χ3n) is 3.03. The van der Waals surface area contributed by atoms with E-state index in [1.165, 1.54) is 6.07 Å². The van der Waals surface area contributed by atoms with Gasteiger partial charge in [0.15, 0.2) is 4.67 Å². The van der Waals surface area contributed by atoms with Crippen LogP contribution in [0.25, 0.3) is 0 Å². The van der Waals surface area contributed by atoms with Gasteiger partial charge in [0, 0.05) is 0 Å². The minimum absolute atomic E-state index is 0.111. The molecule has 24 heavy (non-hydrogen) atoms. The average molecular weight is 384 g/mol. The smallest absolute Gasteiger partial charge is 0.379 e. The van der Waals surface area contributed by atoms with Crippen LogP contribution in [0.4, 0.5) is 0 Å². The zero-order chi connectivity index (χ0) is 16.9. The number of carbonyl (C=O) groups excluding carboxylic acids is 1. The van der Waals surface area contributed by atoms with E-state index in [9.17, 15) is 4.79 Å². The van der Waals surface area contributed by atoms with Crippen LogP contribution in [0.1, 0.15) is 16.1 Å². The summed E-state index contributed by atoms with van der Waals surface area (Å²) < 4.78 is 16.4. The van der Waals surface area contributed by atoms with Gasteiger partial charge >= 0.3 is 5.97 Å². The number of benzene rings is 2. The molecule has 0 saturated heterocycles. The highest BCUT2D eigenvalue weighted by molar-refractivity contribution is 9.10. The lowest BCUT2D eigenvalue weighted by Gasteiger charge is -2.07. The summed E-state index contributed by atoms with van der Waals surface area (Å²) in [5.41, 5.74) is 0.564. The monoisotopic (exact) mass is 383 g/mol. The van der Waals surface area contributed by atoms with Gasteiger partial charge in [0.2, 0.25) is 5.76 Å². The van der Waals surface area contributed by atoms with Crippen LogP contribution in [0.2, 0.25) is 0 Å². The summed E-state index contributed by atoms with van der Waals surface area (Å²) in [6.07, 6.45) is 0. The molecule has 2 aromatic carbocycles. The van der Waals surface area contributed by atoms with Crippen LogP contribution in [0.5, 0.6) is 17.2 Å². The van der Waals surface area contributed by atoms with Crippen molar-refractivity contribution in [1.29, 1.82) is 5.26 Å². The van der Waals surface area contributed by atoms with E-state index in [0.29, 0.717) is 27.5 Å². The van der Waals surface area contributed by atoms with Crippen molar-refractivity contribution in [3.63, 3.8) is 0 Å². The first kappa shape index (κ1) is 15.8. The summed E-state index contributed by atoms with van der Waals surface area (Å²) in [5, 5.41) is 8.76. The number of rotatable bonds is 4. The topological polar surface area (TPSA) is 72.5 Å². The molecule has 0 atom stereocenters. The lowest BCUT2D eigenvalue weighted by atomic mass is 10.2. The van der Waals surface area contributed by atoms with Gasteiger partial charge in [0.1, 0.15) is 17.2 Å². The summed E-state index contributed by atoms with van der Waals surface area (Å²) in [7, 11) is 0. The minimum atomic E-state index is -0.582. The standard InChI is InChI=1S/C18H10BrNO4/c19-17-10-9-16(24-17)18(21)23-15-7-5-14(6-8-15)22-13-3-1-12(11-20)2-4-13/h1-10H. The second-order valence-electron chi connectivity index (χ2n) is 4.70. The van der Waals surface area contributed by atoms with Gasteiger partial charge in [-0.25, -0.2) is 4.79 Å². The van der Waals surface area contributed by atoms with Crippen molar-refractivity contribution in [3.8, 4) is 23.3 Å². The van der Waals surface area contributed by atoms with Gasteiger partial charge < -0.3 is 13.9 Å². The predicted octanol–water partition coefficient (Wildman–Crippen LogP) is 4.93. The van der Waals surface area contributed by atoms with Gasteiger partial charge in [-0.05, 0) is 76.6 Å². The second kappa shape index (κ2) is 7.02. The van der Waals surface area contributed by atoms with E-state index < -0.39 is 5.97 Å². The van der Waals surface area contributed by atoms with Crippen molar-refractivity contribution >= 4 is 21.9 Å². The van der Waals surface area contributed by atoms with Gasteiger partial charge in [-0.15, -0.1) is 0 Å². The van der Waals surface area contributed by atoms with E-state index in [1.54, 1.807) is 54.6 Å². The van der Waals surface area contributed by atoms with Crippen LogP contribution in [0, 0.1) is 11.3 Å². The van der Waals surface area contributed by atoms with Crippen LogP contribution >= 0.6 is 15.9 Å². The van der Waals surface area contributed by atoms with E-state index in [0.717, 1.165) is 0 Å². The lowest BCUT2D eigenvalue weighted by Crippen LogP contribution is -2.06. The molecule has 0 fully saturated rings. The van der Waals surface area contributed by atoms with Crippen LogP contribution in [-0.4, -0.2) is 5.97 Å². The molecule has 0 unspecified atom stereocenters. The first-order valence-corrected chi connectivity index (χ1v) is 7.69. The summed E-state index contributed by atoms with van der Waals surface area (Å²) in [4.78, 5) is 11.9.